The van der Waals surface area contributed by atoms with Gasteiger partial charge < -0.3 is 24.3 Å². The lowest BCUT2D eigenvalue weighted by molar-refractivity contribution is -0.389. The molecule has 8 nitrogen and oxygen atoms in total. The van der Waals surface area contributed by atoms with Crippen molar-refractivity contribution < 1.29 is 32.3 Å². The van der Waals surface area contributed by atoms with Crippen molar-refractivity contribution in [1.82, 2.24) is 9.55 Å². The first kappa shape index (κ1) is 18.3. The van der Waals surface area contributed by atoms with Gasteiger partial charge in [-0.2, -0.15) is 0 Å². The number of hydrogen-bond donors (Lipinski definition) is 0. The number of aromatic nitrogens is 2. The van der Waals surface area contributed by atoms with E-state index in [1.165, 1.54) is 28.8 Å². The van der Waals surface area contributed by atoms with E-state index in [0.717, 1.165) is 0 Å². The van der Waals surface area contributed by atoms with E-state index in [-0.39, 0.29) is 36.7 Å². The summed E-state index contributed by atoms with van der Waals surface area (Å²) < 4.78 is 52.4. The molecule has 0 unspecified atom stereocenters. The van der Waals surface area contributed by atoms with Crippen LogP contribution in [0.4, 0.5) is 19.0 Å². The molecule has 140 valence electrons. The fourth-order valence-electron chi connectivity index (χ4n) is 2.31. The van der Waals surface area contributed by atoms with E-state index >= 15 is 0 Å². The number of nitro groups is 1. The van der Waals surface area contributed by atoms with Crippen molar-refractivity contribution in [2.24, 2.45) is 0 Å². The predicted octanol–water partition coefficient (Wildman–Crippen LogP) is 3.32. The number of hydrogen-bond acceptors (Lipinski definition) is 6. The molecule has 2 heterocycles. The highest BCUT2D eigenvalue weighted by Gasteiger charge is 2.33. The molecule has 1 aromatic heterocycles. The van der Waals surface area contributed by atoms with E-state index in [4.69, 9.17) is 21.1 Å². The average Bonchev–Trinajstić information content (AvgIpc) is 2.90. The van der Waals surface area contributed by atoms with Crippen LogP contribution in [-0.4, -0.2) is 33.5 Å². The third-order valence-corrected chi connectivity index (χ3v) is 3.83. The van der Waals surface area contributed by atoms with E-state index in [1.54, 1.807) is 0 Å². The Balaban J connectivity index is 1.59. The van der Waals surface area contributed by atoms with Crippen molar-refractivity contribution in [3.05, 3.63) is 45.1 Å². The molecule has 0 saturated carbocycles. The number of rotatable bonds is 5. The van der Waals surface area contributed by atoms with Crippen LogP contribution in [0, 0.1) is 10.1 Å². The van der Waals surface area contributed by atoms with Gasteiger partial charge in [0.05, 0.1) is 13.2 Å². The van der Waals surface area contributed by atoms with Gasteiger partial charge in [0.15, 0.2) is 0 Å². The van der Waals surface area contributed by atoms with Crippen LogP contribution in [0.3, 0.4) is 0 Å². The van der Waals surface area contributed by atoms with Crippen molar-refractivity contribution in [3.8, 4) is 11.8 Å². The summed E-state index contributed by atoms with van der Waals surface area (Å²) in [6.45, 7) is 0.411. The zero-order valence-electron chi connectivity index (χ0n) is 12.9. The standard InChI is InChI=1S/C14H11ClF3N3O5/c15-11-12(21(22)23)19-13-20(11)5-10(7-25-13)24-6-8-1-3-9(4-2-8)26-14(16,17)18/h1-4,10H,5-7H2/t10-/m0/s1. The molecule has 0 fully saturated rings. The SMILES string of the molecule is O=[N+]([O-])c1nc2n(c1Cl)C[C@H](OCc1ccc(OC(F)(F)F)cc1)CO2. The summed E-state index contributed by atoms with van der Waals surface area (Å²) in [5.41, 5.74) is 0.619. The number of fused-ring (bicyclic) bond motifs is 1. The zero-order valence-corrected chi connectivity index (χ0v) is 13.7. The summed E-state index contributed by atoms with van der Waals surface area (Å²) in [6.07, 6.45) is -5.21. The summed E-state index contributed by atoms with van der Waals surface area (Å²) in [6, 6.07) is 5.27. The van der Waals surface area contributed by atoms with Crippen molar-refractivity contribution in [2.75, 3.05) is 6.61 Å². The molecule has 0 bridgehead atoms. The van der Waals surface area contributed by atoms with E-state index < -0.39 is 23.2 Å². The lowest BCUT2D eigenvalue weighted by Gasteiger charge is -2.22. The second kappa shape index (κ2) is 7.00. The fraction of sp³-hybridized carbons (Fsp3) is 0.357. The van der Waals surface area contributed by atoms with Gasteiger partial charge in [0.2, 0.25) is 5.15 Å². The third-order valence-electron chi connectivity index (χ3n) is 3.45. The molecule has 2 aromatic rings. The normalized spacial score (nSPS) is 16.7. The second-order valence-corrected chi connectivity index (χ2v) is 5.67. The highest BCUT2D eigenvalue weighted by Crippen LogP contribution is 2.32. The number of halogens is 4. The summed E-state index contributed by atoms with van der Waals surface area (Å²) in [5.74, 6) is -0.827. The Morgan fingerprint density at radius 2 is 2.08 bits per heavy atom. The minimum absolute atomic E-state index is 0.0372. The van der Waals surface area contributed by atoms with Gasteiger partial charge >= 0.3 is 18.2 Å². The number of imidazole rings is 1. The fourth-order valence-corrected chi connectivity index (χ4v) is 2.56. The van der Waals surface area contributed by atoms with Crippen LogP contribution in [0.2, 0.25) is 5.15 Å². The minimum atomic E-state index is -4.75. The summed E-state index contributed by atoms with van der Waals surface area (Å²) >= 11 is 5.91. The number of benzene rings is 1. The van der Waals surface area contributed by atoms with Crippen molar-refractivity contribution in [2.45, 2.75) is 25.6 Å². The monoisotopic (exact) mass is 393 g/mol. The van der Waals surface area contributed by atoms with Gasteiger partial charge in [0.25, 0.3) is 0 Å². The molecular weight excluding hydrogens is 383 g/mol. The molecule has 1 aliphatic rings. The average molecular weight is 394 g/mol. The summed E-state index contributed by atoms with van der Waals surface area (Å²) in [7, 11) is 0. The Labute approximate surface area is 149 Å². The van der Waals surface area contributed by atoms with Crippen LogP contribution < -0.4 is 9.47 Å². The van der Waals surface area contributed by atoms with Gasteiger partial charge in [-0.15, -0.1) is 13.2 Å². The Kier molecular flexibility index (Phi) is 4.92. The van der Waals surface area contributed by atoms with Crippen LogP contribution in [0.25, 0.3) is 0 Å². The predicted molar refractivity (Wildman–Crippen MR) is 81.1 cm³/mol. The highest BCUT2D eigenvalue weighted by molar-refractivity contribution is 6.31. The molecular formula is C14H11ClF3N3O5. The smallest absolute Gasteiger partial charge is 0.443 e. The van der Waals surface area contributed by atoms with Crippen LogP contribution in [-0.2, 0) is 17.9 Å². The van der Waals surface area contributed by atoms with Crippen LogP contribution in [0.15, 0.2) is 24.3 Å². The summed E-state index contributed by atoms with van der Waals surface area (Å²) in [5, 5.41) is 10.7. The minimum Gasteiger partial charge on any atom is -0.443 e. The van der Waals surface area contributed by atoms with Gasteiger partial charge in [-0.05, 0) is 22.6 Å². The van der Waals surface area contributed by atoms with Crippen LogP contribution in [0.1, 0.15) is 5.56 Å². The molecule has 12 heteroatoms. The molecule has 0 amide bonds. The summed E-state index contributed by atoms with van der Waals surface area (Å²) in [4.78, 5) is 13.8. The molecule has 1 atom stereocenters. The molecule has 1 aliphatic heterocycles. The van der Waals surface area contributed by atoms with Crippen molar-refractivity contribution in [1.29, 1.82) is 0 Å². The van der Waals surface area contributed by atoms with Crippen LogP contribution >= 0.6 is 11.6 Å². The quantitative estimate of drug-likeness (QED) is 0.572. The van der Waals surface area contributed by atoms with Gasteiger partial charge in [0.1, 0.15) is 18.5 Å². The third kappa shape index (κ3) is 4.17. The van der Waals surface area contributed by atoms with Crippen molar-refractivity contribution in [3.63, 3.8) is 0 Å². The molecule has 0 radical (unpaired) electrons. The van der Waals surface area contributed by atoms with E-state index in [1.807, 2.05) is 0 Å². The van der Waals surface area contributed by atoms with Gasteiger partial charge in [-0.3, -0.25) is 4.57 Å². The first-order valence-electron chi connectivity index (χ1n) is 7.22. The van der Waals surface area contributed by atoms with Crippen LogP contribution in [0.5, 0.6) is 11.8 Å². The lowest BCUT2D eigenvalue weighted by atomic mass is 10.2. The first-order chi connectivity index (χ1) is 12.2. The molecule has 0 saturated heterocycles. The molecule has 0 spiro atoms. The Bertz CT molecular complexity index is 809. The molecule has 0 N–H and O–H groups in total. The number of ether oxygens (including phenoxy) is 3. The maximum Gasteiger partial charge on any atom is 0.573 e. The second-order valence-electron chi connectivity index (χ2n) is 5.31. The Hall–Kier alpha value is -2.53. The molecule has 3 rings (SSSR count). The maximum absolute atomic E-state index is 12.1. The highest BCUT2D eigenvalue weighted by atomic mass is 35.5. The topological polar surface area (TPSA) is 88.7 Å². The zero-order chi connectivity index (χ0) is 18.9. The Morgan fingerprint density at radius 1 is 1.38 bits per heavy atom. The molecule has 1 aromatic carbocycles. The lowest BCUT2D eigenvalue weighted by Crippen LogP contribution is -2.32. The number of nitrogens with zero attached hydrogens (tertiary/aromatic N) is 3. The van der Waals surface area contributed by atoms with E-state index in [2.05, 4.69) is 9.72 Å². The molecule has 0 aliphatic carbocycles. The maximum atomic E-state index is 12.1. The Morgan fingerprint density at radius 3 is 2.69 bits per heavy atom. The number of alkyl halides is 3. The largest absolute Gasteiger partial charge is 0.573 e. The van der Waals surface area contributed by atoms with Crippen molar-refractivity contribution >= 4 is 17.4 Å². The van der Waals surface area contributed by atoms with E-state index in [0.29, 0.717) is 5.56 Å². The van der Waals surface area contributed by atoms with Gasteiger partial charge in [-0.25, -0.2) is 0 Å². The first-order valence-corrected chi connectivity index (χ1v) is 7.60. The van der Waals surface area contributed by atoms with Gasteiger partial charge in [-0.1, -0.05) is 23.7 Å². The van der Waals surface area contributed by atoms with Gasteiger partial charge in [0, 0.05) is 4.98 Å². The molecule has 26 heavy (non-hydrogen) atoms. The van der Waals surface area contributed by atoms with E-state index in [9.17, 15) is 23.3 Å².